The first-order valence-electron chi connectivity index (χ1n) is 7.59. The number of hydrogen-bond acceptors (Lipinski definition) is 3. The predicted molar refractivity (Wildman–Crippen MR) is 84.6 cm³/mol. The summed E-state index contributed by atoms with van der Waals surface area (Å²) in [6.45, 7) is 5.43. The minimum atomic E-state index is 0.100. The number of carbonyl (C=O) groups is 1. The quantitative estimate of drug-likeness (QED) is 0.712. The molecule has 0 saturated carbocycles. The van der Waals surface area contributed by atoms with Crippen molar-refractivity contribution in [2.45, 2.75) is 39.5 Å². The number of aliphatic hydroxyl groups is 1. The van der Waals surface area contributed by atoms with Crippen LogP contribution in [0, 0.1) is 13.8 Å². The van der Waals surface area contributed by atoms with E-state index in [1.807, 2.05) is 33.0 Å². The summed E-state index contributed by atoms with van der Waals surface area (Å²) >= 11 is 0. The Labute approximate surface area is 127 Å². The van der Waals surface area contributed by atoms with E-state index in [-0.39, 0.29) is 12.5 Å². The maximum atomic E-state index is 11.9. The molecule has 1 rings (SSSR count). The van der Waals surface area contributed by atoms with Crippen LogP contribution in [0.4, 0.5) is 0 Å². The Kier molecular flexibility index (Phi) is 7.83. The highest BCUT2D eigenvalue weighted by atomic mass is 16.5. The molecule has 0 unspecified atom stereocenters. The van der Waals surface area contributed by atoms with Gasteiger partial charge in [-0.05, 0) is 56.4 Å². The molecule has 0 spiro atoms. The highest BCUT2D eigenvalue weighted by Crippen LogP contribution is 2.16. The van der Waals surface area contributed by atoms with Crippen LogP contribution in [0.1, 0.15) is 36.8 Å². The number of aliphatic hydroxyl groups excluding tert-OH is 1. The van der Waals surface area contributed by atoms with Crippen molar-refractivity contribution < 1.29 is 14.6 Å². The van der Waals surface area contributed by atoms with Gasteiger partial charge in [0.15, 0.2) is 0 Å². The Morgan fingerprint density at radius 1 is 1.14 bits per heavy atom. The summed E-state index contributed by atoms with van der Waals surface area (Å²) in [5.74, 6) is 0.925. The van der Waals surface area contributed by atoms with E-state index in [0.717, 1.165) is 42.7 Å². The van der Waals surface area contributed by atoms with Crippen LogP contribution in [0.15, 0.2) is 18.2 Å². The average Bonchev–Trinajstić information content (AvgIpc) is 2.42. The van der Waals surface area contributed by atoms with Gasteiger partial charge in [0.25, 0.3) is 0 Å². The lowest BCUT2D eigenvalue weighted by Gasteiger charge is -2.17. The second-order valence-electron chi connectivity index (χ2n) is 5.52. The van der Waals surface area contributed by atoms with Crippen LogP contribution < -0.4 is 4.74 Å². The Bertz CT molecular complexity index is 425. The van der Waals surface area contributed by atoms with Gasteiger partial charge in [-0.2, -0.15) is 0 Å². The summed E-state index contributed by atoms with van der Waals surface area (Å²) in [5.41, 5.74) is 2.33. The molecule has 118 valence electrons. The lowest BCUT2D eigenvalue weighted by atomic mass is 10.1. The van der Waals surface area contributed by atoms with Crippen LogP contribution in [0.25, 0.3) is 0 Å². The predicted octanol–water partition coefficient (Wildman–Crippen LogP) is 2.69. The van der Waals surface area contributed by atoms with Crippen LogP contribution >= 0.6 is 0 Å². The lowest BCUT2D eigenvalue weighted by Crippen LogP contribution is -2.28. The summed E-state index contributed by atoms with van der Waals surface area (Å²) in [7, 11) is 1.82. The molecule has 0 atom stereocenters. The zero-order valence-corrected chi connectivity index (χ0v) is 13.4. The van der Waals surface area contributed by atoms with Crippen molar-refractivity contribution in [3.8, 4) is 5.75 Å². The van der Waals surface area contributed by atoms with Gasteiger partial charge in [0.1, 0.15) is 5.75 Å². The van der Waals surface area contributed by atoms with E-state index in [1.54, 1.807) is 4.90 Å². The van der Waals surface area contributed by atoms with Gasteiger partial charge in [0.2, 0.25) is 5.91 Å². The van der Waals surface area contributed by atoms with Crippen molar-refractivity contribution in [3.05, 3.63) is 29.3 Å². The molecule has 1 aromatic carbocycles. The molecule has 4 heteroatoms. The van der Waals surface area contributed by atoms with Crippen molar-refractivity contribution >= 4 is 5.91 Å². The van der Waals surface area contributed by atoms with E-state index in [1.165, 1.54) is 0 Å². The number of nitrogens with zero attached hydrogens (tertiary/aromatic N) is 1. The third-order valence-corrected chi connectivity index (χ3v) is 3.36. The summed E-state index contributed by atoms with van der Waals surface area (Å²) in [6.07, 6.45) is 3.08. The Balaban J connectivity index is 2.26. The van der Waals surface area contributed by atoms with Gasteiger partial charge in [-0.15, -0.1) is 0 Å². The number of benzene rings is 1. The molecule has 0 bridgehead atoms. The second kappa shape index (κ2) is 9.40. The molecule has 0 saturated heterocycles. The molecule has 4 nitrogen and oxygen atoms in total. The summed E-state index contributed by atoms with van der Waals surface area (Å²) < 4.78 is 5.65. The van der Waals surface area contributed by atoms with Crippen LogP contribution in [-0.4, -0.2) is 42.7 Å². The molecule has 1 aromatic rings. The molecular formula is C17H27NO3. The molecule has 21 heavy (non-hydrogen) atoms. The topological polar surface area (TPSA) is 49.8 Å². The molecule has 0 aliphatic heterocycles. The van der Waals surface area contributed by atoms with Gasteiger partial charge in [-0.25, -0.2) is 0 Å². The van der Waals surface area contributed by atoms with E-state index >= 15 is 0 Å². The largest absolute Gasteiger partial charge is 0.493 e. The third-order valence-electron chi connectivity index (χ3n) is 3.36. The van der Waals surface area contributed by atoms with Crippen LogP contribution in [0.5, 0.6) is 5.75 Å². The third kappa shape index (κ3) is 7.14. The fourth-order valence-electron chi connectivity index (χ4n) is 2.23. The maximum Gasteiger partial charge on any atom is 0.225 e. The minimum Gasteiger partial charge on any atom is -0.493 e. The minimum absolute atomic E-state index is 0.100. The van der Waals surface area contributed by atoms with Crippen molar-refractivity contribution in [1.29, 1.82) is 0 Å². The molecule has 1 N–H and O–H groups in total. The number of unbranched alkanes of at least 4 members (excludes halogenated alkanes) is 2. The Hall–Kier alpha value is -1.55. The summed E-state index contributed by atoms with van der Waals surface area (Å²) in [6, 6.07) is 6.06. The monoisotopic (exact) mass is 293 g/mol. The highest BCUT2D eigenvalue weighted by molar-refractivity contribution is 5.75. The Morgan fingerprint density at radius 3 is 2.43 bits per heavy atom. The smallest absolute Gasteiger partial charge is 0.225 e. The first-order chi connectivity index (χ1) is 10.0. The van der Waals surface area contributed by atoms with E-state index < -0.39 is 0 Å². The zero-order chi connectivity index (χ0) is 15.7. The van der Waals surface area contributed by atoms with Gasteiger partial charge < -0.3 is 14.7 Å². The molecule has 0 heterocycles. The number of amides is 1. The number of rotatable bonds is 9. The number of ether oxygens (including phenoxy) is 1. The average molecular weight is 293 g/mol. The normalized spacial score (nSPS) is 10.5. The van der Waals surface area contributed by atoms with E-state index in [9.17, 15) is 4.79 Å². The van der Waals surface area contributed by atoms with Gasteiger partial charge in [-0.1, -0.05) is 6.07 Å². The van der Waals surface area contributed by atoms with Crippen molar-refractivity contribution in [2.75, 3.05) is 26.8 Å². The first-order valence-corrected chi connectivity index (χ1v) is 7.59. The lowest BCUT2D eigenvalue weighted by molar-refractivity contribution is -0.130. The van der Waals surface area contributed by atoms with Crippen LogP contribution in [0.3, 0.4) is 0 Å². The maximum absolute atomic E-state index is 11.9. The number of carbonyl (C=O) groups excluding carboxylic acids is 1. The standard InChI is InChI=1S/C17H27NO3/c1-14-11-15(2)13-16(12-14)21-10-7-17(20)18(3)8-5-4-6-9-19/h11-13,19H,4-10H2,1-3H3. The van der Waals surface area contributed by atoms with Crippen LogP contribution in [-0.2, 0) is 4.79 Å². The summed E-state index contributed by atoms with van der Waals surface area (Å²) in [5, 5.41) is 8.71. The van der Waals surface area contributed by atoms with E-state index in [0.29, 0.717) is 13.0 Å². The SMILES string of the molecule is Cc1cc(C)cc(OCCC(=O)N(C)CCCCCO)c1. The zero-order valence-electron chi connectivity index (χ0n) is 13.4. The molecular weight excluding hydrogens is 266 g/mol. The van der Waals surface area contributed by atoms with E-state index in [2.05, 4.69) is 6.07 Å². The van der Waals surface area contributed by atoms with Crippen LogP contribution in [0.2, 0.25) is 0 Å². The fraction of sp³-hybridized carbons (Fsp3) is 0.588. The number of hydrogen-bond donors (Lipinski definition) is 1. The molecule has 0 aliphatic rings. The number of aryl methyl sites for hydroxylation is 2. The van der Waals surface area contributed by atoms with E-state index in [4.69, 9.17) is 9.84 Å². The van der Waals surface area contributed by atoms with Gasteiger partial charge >= 0.3 is 0 Å². The first kappa shape index (κ1) is 17.5. The molecule has 0 fully saturated rings. The molecule has 1 amide bonds. The van der Waals surface area contributed by atoms with Gasteiger partial charge in [0.05, 0.1) is 13.0 Å². The van der Waals surface area contributed by atoms with Crippen molar-refractivity contribution in [3.63, 3.8) is 0 Å². The fourth-order valence-corrected chi connectivity index (χ4v) is 2.23. The molecule has 0 aliphatic carbocycles. The molecule has 0 radical (unpaired) electrons. The van der Waals surface area contributed by atoms with Crippen molar-refractivity contribution in [2.24, 2.45) is 0 Å². The Morgan fingerprint density at radius 2 is 1.81 bits per heavy atom. The van der Waals surface area contributed by atoms with Gasteiger partial charge in [0, 0.05) is 20.2 Å². The second-order valence-corrected chi connectivity index (χ2v) is 5.52. The van der Waals surface area contributed by atoms with Crippen molar-refractivity contribution in [1.82, 2.24) is 4.90 Å². The summed E-state index contributed by atoms with van der Waals surface area (Å²) in [4.78, 5) is 13.7. The molecule has 0 aromatic heterocycles. The van der Waals surface area contributed by atoms with Gasteiger partial charge in [-0.3, -0.25) is 4.79 Å². The highest BCUT2D eigenvalue weighted by Gasteiger charge is 2.08.